The number of halogens is 1. The second-order valence-electron chi connectivity index (χ2n) is 5.31. The number of hydrogen-bond acceptors (Lipinski definition) is 2. The van der Waals surface area contributed by atoms with Crippen molar-refractivity contribution in [2.24, 2.45) is 0 Å². The Morgan fingerprint density at radius 1 is 1.10 bits per heavy atom. The largest absolute Gasteiger partial charge is 0.333 e. The van der Waals surface area contributed by atoms with Gasteiger partial charge in [-0.3, -0.25) is 9.59 Å². The van der Waals surface area contributed by atoms with Gasteiger partial charge in [0, 0.05) is 37.4 Å². The minimum atomic E-state index is -0.364. The molecule has 5 heteroatoms. The van der Waals surface area contributed by atoms with E-state index in [2.05, 4.69) is 28.1 Å². The molecule has 1 aromatic carbocycles. The van der Waals surface area contributed by atoms with E-state index in [0.717, 1.165) is 11.8 Å². The molecule has 1 atom stereocenters. The summed E-state index contributed by atoms with van der Waals surface area (Å²) in [7, 11) is 0. The first-order valence-electron chi connectivity index (χ1n) is 7.36. The average molecular weight is 353 g/mol. The zero-order valence-corrected chi connectivity index (χ0v) is 13.9. The summed E-state index contributed by atoms with van der Waals surface area (Å²) >= 11 is 3.52. The molecule has 1 heterocycles. The normalized spacial score (nSPS) is 17.2. The minimum Gasteiger partial charge on any atom is -0.333 e. The molecule has 0 saturated carbocycles. The Morgan fingerprint density at radius 2 is 1.71 bits per heavy atom. The van der Waals surface area contributed by atoms with Gasteiger partial charge < -0.3 is 9.80 Å². The standard InChI is InChI=1S/C16H21BrN2O2/c1-2-8-18-9-10-19(16(21)15(18)20)12-14(11-17)13-6-4-3-5-7-13/h3-7,14H,2,8-12H2,1H3. The number of nitrogens with zero attached hydrogens (tertiary/aromatic N) is 2. The SMILES string of the molecule is CCCN1CCN(CC(CBr)c2ccccc2)C(=O)C1=O. The highest BCUT2D eigenvalue weighted by atomic mass is 79.9. The molecular weight excluding hydrogens is 332 g/mol. The number of benzene rings is 1. The molecule has 0 aromatic heterocycles. The molecule has 1 aliphatic rings. The highest BCUT2D eigenvalue weighted by Crippen LogP contribution is 2.20. The Labute approximate surface area is 134 Å². The van der Waals surface area contributed by atoms with Crippen molar-refractivity contribution in [3.8, 4) is 0 Å². The van der Waals surface area contributed by atoms with E-state index in [9.17, 15) is 9.59 Å². The predicted molar refractivity (Wildman–Crippen MR) is 86.4 cm³/mol. The van der Waals surface area contributed by atoms with E-state index in [1.807, 2.05) is 25.1 Å². The van der Waals surface area contributed by atoms with Crippen LogP contribution >= 0.6 is 15.9 Å². The summed E-state index contributed by atoms with van der Waals surface area (Å²) in [6.45, 7) is 4.53. The third-order valence-corrected chi connectivity index (χ3v) is 4.57. The number of piperazine rings is 1. The van der Waals surface area contributed by atoms with Crippen molar-refractivity contribution in [2.75, 3.05) is 31.5 Å². The van der Waals surface area contributed by atoms with Crippen molar-refractivity contribution < 1.29 is 9.59 Å². The van der Waals surface area contributed by atoms with Crippen LogP contribution in [0, 0.1) is 0 Å². The molecule has 2 rings (SSSR count). The molecule has 4 nitrogen and oxygen atoms in total. The maximum absolute atomic E-state index is 12.2. The number of amides is 2. The first kappa shape index (κ1) is 16.0. The summed E-state index contributed by atoms with van der Waals surface area (Å²) in [4.78, 5) is 27.6. The highest BCUT2D eigenvalue weighted by Gasteiger charge is 2.33. The molecule has 2 amide bonds. The predicted octanol–water partition coefficient (Wildman–Crippen LogP) is 2.25. The van der Waals surface area contributed by atoms with Crippen molar-refractivity contribution in [1.82, 2.24) is 9.80 Å². The van der Waals surface area contributed by atoms with Gasteiger partial charge >= 0.3 is 11.8 Å². The van der Waals surface area contributed by atoms with Crippen molar-refractivity contribution in [3.63, 3.8) is 0 Å². The van der Waals surface area contributed by atoms with E-state index in [1.54, 1.807) is 9.80 Å². The fraction of sp³-hybridized carbons (Fsp3) is 0.500. The number of rotatable bonds is 6. The Balaban J connectivity index is 2.02. The molecule has 1 fully saturated rings. The van der Waals surface area contributed by atoms with E-state index < -0.39 is 0 Å². The number of carbonyl (C=O) groups excluding carboxylic acids is 2. The minimum absolute atomic E-state index is 0.209. The maximum atomic E-state index is 12.2. The smallest absolute Gasteiger partial charge is 0.312 e. The van der Waals surface area contributed by atoms with Gasteiger partial charge in [-0.25, -0.2) is 0 Å². The van der Waals surface area contributed by atoms with Crippen LogP contribution in [-0.2, 0) is 9.59 Å². The van der Waals surface area contributed by atoms with Gasteiger partial charge in [0.05, 0.1) is 0 Å². The fourth-order valence-corrected chi connectivity index (χ4v) is 3.19. The van der Waals surface area contributed by atoms with E-state index in [4.69, 9.17) is 0 Å². The summed E-state index contributed by atoms with van der Waals surface area (Å²) in [6.07, 6.45) is 0.882. The van der Waals surface area contributed by atoms with Gasteiger partial charge in [-0.15, -0.1) is 0 Å². The summed E-state index contributed by atoms with van der Waals surface area (Å²) < 4.78 is 0. The lowest BCUT2D eigenvalue weighted by molar-refractivity contribution is -0.156. The molecule has 21 heavy (non-hydrogen) atoms. The molecule has 0 radical (unpaired) electrons. The van der Waals surface area contributed by atoms with Crippen molar-refractivity contribution >= 4 is 27.7 Å². The van der Waals surface area contributed by atoms with Crippen molar-refractivity contribution in [1.29, 1.82) is 0 Å². The van der Waals surface area contributed by atoms with Crippen LogP contribution in [-0.4, -0.2) is 53.1 Å². The van der Waals surface area contributed by atoms with Gasteiger partial charge in [0.15, 0.2) is 0 Å². The van der Waals surface area contributed by atoms with E-state index >= 15 is 0 Å². The highest BCUT2D eigenvalue weighted by molar-refractivity contribution is 9.09. The van der Waals surface area contributed by atoms with Gasteiger partial charge in [-0.05, 0) is 12.0 Å². The number of hydrogen-bond donors (Lipinski definition) is 0. The topological polar surface area (TPSA) is 40.6 Å². The van der Waals surface area contributed by atoms with Crippen LogP contribution in [0.4, 0.5) is 0 Å². The van der Waals surface area contributed by atoms with E-state index in [1.165, 1.54) is 5.56 Å². The maximum Gasteiger partial charge on any atom is 0.312 e. The van der Waals surface area contributed by atoms with Crippen LogP contribution in [0.5, 0.6) is 0 Å². The van der Waals surface area contributed by atoms with Gasteiger partial charge in [0.25, 0.3) is 0 Å². The average Bonchev–Trinajstić information content (AvgIpc) is 2.52. The Kier molecular flexibility index (Phi) is 5.79. The van der Waals surface area contributed by atoms with Crippen molar-refractivity contribution in [3.05, 3.63) is 35.9 Å². The second kappa shape index (κ2) is 7.59. The number of alkyl halides is 1. The Hall–Kier alpha value is -1.36. The number of carbonyl (C=O) groups is 2. The monoisotopic (exact) mass is 352 g/mol. The molecule has 114 valence electrons. The third-order valence-electron chi connectivity index (χ3n) is 3.79. The summed E-state index contributed by atoms with van der Waals surface area (Å²) in [5, 5.41) is 0.771. The van der Waals surface area contributed by atoms with Gasteiger partial charge in [-0.2, -0.15) is 0 Å². The molecule has 1 saturated heterocycles. The quantitative estimate of drug-likeness (QED) is 0.581. The summed E-state index contributed by atoms with van der Waals surface area (Å²) in [5.74, 6) is -0.512. The van der Waals surface area contributed by atoms with Crippen LogP contribution in [0.1, 0.15) is 24.8 Å². The summed E-state index contributed by atoms with van der Waals surface area (Å²) in [6, 6.07) is 10.1. The molecule has 0 spiro atoms. The molecule has 1 aromatic rings. The van der Waals surface area contributed by atoms with Crippen LogP contribution in [0.2, 0.25) is 0 Å². The van der Waals surface area contributed by atoms with Gasteiger partial charge in [0.1, 0.15) is 0 Å². The molecule has 0 N–H and O–H groups in total. The summed E-state index contributed by atoms with van der Waals surface area (Å²) in [5.41, 5.74) is 1.19. The first-order chi connectivity index (χ1) is 10.2. The fourth-order valence-electron chi connectivity index (χ4n) is 2.61. The Morgan fingerprint density at radius 3 is 2.33 bits per heavy atom. The lowest BCUT2D eigenvalue weighted by atomic mass is 10.0. The van der Waals surface area contributed by atoms with Crippen LogP contribution in [0.25, 0.3) is 0 Å². The lowest BCUT2D eigenvalue weighted by Crippen LogP contribution is -2.55. The molecule has 0 bridgehead atoms. The van der Waals surface area contributed by atoms with Gasteiger partial charge in [-0.1, -0.05) is 53.2 Å². The molecule has 0 aliphatic carbocycles. The van der Waals surface area contributed by atoms with E-state index in [0.29, 0.717) is 26.2 Å². The van der Waals surface area contributed by atoms with Crippen molar-refractivity contribution in [2.45, 2.75) is 19.3 Å². The lowest BCUT2D eigenvalue weighted by Gasteiger charge is -2.35. The molecular formula is C16H21BrN2O2. The van der Waals surface area contributed by atoms with E-state index in [-0.39, 0.29) is 17.7 Å². The second-order valence-corrected chi connectivity index (χ2v) is 5.95. The van der Waals surface area contributed by atoms with Gasteiger partial charge in [0.2, 0.25) is 0 Å². The van der Waals surface area contributed by atoms with Crippen LogP contribution in [0.3, 0.4) is 0 Å². The third kappa shape index (κ3) is 3.84. The molecule has 1 aliphatic heterocycles. The first-order valence-corrected chi connectivity index (χ1v) is 8.48. The van der Waals surface area contributed by atoms with Crippen LogP contribution < -0.4 is 0 Å². The zero-order chi connectivity index (χ0) is 15.2. The molecule has 1 unspecified atom stereocenters. The van der Waals surface area contributed by atoms with Crippen LogP contribution in [0.15, 0.2) is 30.3 Å². The zero-order valence-electron chi connectivity index (χ0n) is 12.3. The Bertz CT molecular complexity index is 492.